The number of aromatic nitrogens is 1. The smallest absolute Gasteiger partial charge is 0.282 e. The van der Waals surface area contributed by atoms with E-state index in [1.165, 1.54) is 23.5 Å². The molecule has 0 fully saturated rings. The number of benzene rings is 2. The number of hydrogen-bond donors (Lipinski definition) is 0. The Labute approximate surface area is 185 Å². The normalized spacial score (nSPS) is 11.1. The first-order chi connectivity index (χ1) is 15.0. The van der Waals surface area contributed by atoms with Crippen molar-refractivity contribution >= 4 is 38.3 Å². The molecule has 3 aromatic rings. The van der Waals surface area contributed by atoms with Crippen molar-refractivity contribution in [3.05, 3.63) is 58.1 Å². The van der Waals surface area contributed by atoms with Crippen molar-refractivity contribution in [2.75, 3.05) is 37.7 Å². The number of nitro benzene ring substituents is 1. The standard InChI is InChI=1S/C22H26N4O4S/c1-4-24(5-2)14-15-25(21(27)16-10-7-8-11-17(16)26(28)29)22-23-20-18(30-6-3)12-9-13-19(20)31-22/h7-13H,4-6,14-15H2,1-3H3. The van der Waals surface area contributed by atoms with Gasteiger partial charge >= 0.3 is 0 Å². The molecule has 0 spiro atoms. The summed E-state index contributed by atoms with van der Waals surface area (Å²) in [7, 11) is 0. The Hall–Kier alpha value is -3.04. The van der Waals surface area contributed by atoms with Crippen LogP contribution in [0, 0.1) is 10.1 Å². The molecule has 0 aliphatic rings. The predicted octanol–water partition coefficient (Wildman–Crippen LogP) is 4.59. The monoisotopic (exact) mass is 442 g/mol. The second kappa shape index (κ2) is 10.3. The lowest BCUT2D eigenvalue weighted by molar-refractivity contribution is -0.385. The van der Waals surface area contributed by atoms with Crippen molar-refractivity contribution in [2.45, 2.75) is 20.8 Å². The first-order valence-corrected chi connectivity index (χ1v) is 11.1. The van der Waals surface area contributed by atoms with Gasteiger partial charge in [0.2, 0.25) is 0 Å². The Kier molecular flexibility index (Phi) is 7.54. The molecule has 2 aromatic carbocycles. The zero-order chi connectivity index (χ0) is 22.4. The van der Waals surface area contributed by atoms with E-state index < -0.39 is 10.8 Å². The molecule has 0 unspecified atom stereocenters. The van der Waals surface area contributed by atoms with Crippen LogP contribution in [0.15, 0.2) is 42.5 Å². The third-order valence-electron chi connectivity index (χ3n) is 5.01. The Balaban J connectivity index is 2.05. The first-order valence-electron chi connectivity index (χ1n) is 10.3. The minimum absolute atomic E-state index is 0.0522. The molecule has 31 heavy (non-hydrogen) atoms. The number of ether oxygens (including phenoxy) is 1. The molecule has 0 aliphatic heterocycles. The number of para-hydroxylation sites is 2. The van der Waals surface area contributed by atoms with Crippen LogP contribution in [-0.2, 0) is 0 Å². The maximum atomic E-state index is 13.5. The van der Waals surface area contributed by atoms with E-state index in [0.29, 0.717) is 36.1 Å². The third-order valence-corrected chi connectivity index (χ3v) is 6.06. The van der Waals surface area contributed by atoms with Gasteiger partial charge in [-0.15, -0.1) is 0 Å². The van der Waals surface area contributed by atoms with Crippen molar-refractivity contribution in [3.63, 3.8) is 0 Å². The molecule has 0 aliphatic carbocycles. The lowest BCUT2D eigenvalue weighted by atomic mass is 10.1. The predicted molar refractivity (Wildman–Crippen MR) is 123 cm³/mol. The highest BCUT2D eigenvalue weighted by atomic mass is 32.1. The van der Waals surface area contributed by atoms with Gasteiger partial charge in [0.05, 0.1) is 16.2 Å². The Morgan fingerprint density at radius 3 is 2.52 bits per heavy atom. The number of carbonyl (C=O) groups excluding carboxylic acids is 1. The van der Waals surface area contributed by atoms with Gasteiger partial charge < -0.3 is 9.64 Å². The minimum atomic E-state index is -0.526. The van der Waals surface area contributed by atoms with Gasteiger partial charge in [-0.1, -0.05) is 43.4 Å². The lowest BCUT2D eigenvalue weighted by Gasteiger charge is -2.24. The van der Waals surface area contributed by atoms with Crippen LogP contribution in [0.2, 0.25) is 0 Å². The van der Waals surface area contributed by atoms with E-state index in [-0.39, 0.29) is 11.3 Å². The number of likely N-dealkylation sites (N-methyl/N-ethyl adjacent to an activating group) is 1. The van der Waals surface area contributed by atoms with Crippen molar-refractivity contribution in [3.8, 4) is 5.75 Å². The highest BCUT2D eigenvalue weighted by Gasteiger charge is 2.28. The van der Waals surface area contributed by atoms with Crippen LogP contribution in [0.3, 0.4) is 0 Å². The summed E-state index contributed by atoms with van der Waals surface area (Å²) >= 11 is 1.38. The molecule has 3 rings (SSSR count). The van der Waals surface area contributed by atoms with Gasteiger partial charge in [-0.3, -0.25) is 19.8 Å². The van der Waals surface area contributed by atoms with Crippen LogP contribution in [0.5, 0.6) is 5.75 Å². The van der Waals surface area contributed by atoms with E-state index in [0.717, 1.165) is 17.8 Å². The van der Waals surface area contributed by atoms with E-state index in [2.05, 4.69) is 18.7 Å². The maximum Gasteiger partial charge on any atom is 0.282 e. The van der Waals surface area contributed by atoms with E-state index in [1.807, 2.05) is 25.1 Å². The molecule has 0 saturated heterocycles. The quantitative estimate of drug-likeness (QED) is 0.337. The zero-order valence-electron chi connectivity index (χ0n) is 17.9. The van der Waals surface area contributed by atoms with Crippen molar-refractivity contribution in [2.24, 2.45) is 0 Å². The molecule has 0 N–H and O–H groups in total. The number of rotatable bonds is 10. The first kappa shape index (κ1) is 22.6. The van der Waals surface area contributed by atoms with Crippen molar-refractivity contribution < 1.29 is 14.5 Å². The van der Waals surface area contributed by atoms with Gasteiger partial charge in [-0.05, 0) is 38.2 Å². The third kappa shape index (κ3) is 5.00. The topological polar surface area (TPSA) is 88.8 Å². The van der Waals surface area contributed by atoms with Gasteiger partial charge in [0, 0.05) is 19.2 Å². The zero-order valence-corrected chi connectivity index (χ0v) is 18.7. The minimum Gasteiger partial charge on any atom is -0.492 e. The second-order valence-corrected chi connectivity index (χ2v) is 7.80. The number of nitrogens with zero attached hydrogens (tertiary/aromatic N) is 4. The van der Waals surface area contributed by atoms with Crippen LogP contribution in [0.25, 0.3) is 10.2 Å². The summed E-state index contributed by atoms with van der Waals surface area (Å²) in [6.07, 6.45) is 0. The van der Waals surface area contributed by atoms with Gasteiger partial charge in [-0.2, -0.15) is 0 Å². The number of hydrogen-bond acceptors (Lipinski definition) is 7. The maximum absolute atomic E-state index is 13.5. The number of nitro groups is 1. The van der Waals surface area contributed by atoms with Gasteiger partial charge in [-0.25, -0.2) is 4.98 Å². The van der Waals surface area contributed by atoms with Crippen LogP contribution >= 0.6 is 11.3 Å². The highest BCUT2D eigenvalue weighted by molar-refractivity contribution is 7.22. The molecule has 1 heterocycles. The number of amides is 1. The Bertz CT molecular complexity index is 1060. The van der Waals surface area contributed by atoms with Crippen LogP contribution in [-0.4, -0.2) is 53.5 Å². The number of anilines is 1. The Morgan fingerprint density at radius 1 is 1.10 bits per heavy atom. The lowest BCUT2D eigenvalue weighted by Crippen LogP contribution is -2.39. The molecule has 1 amide bonds. The Morgan fingerprint density at radius 2 is 1.84 bits per heavy atom. The van der Waals surface area contributed by atoms with Gasteiger partial charge in [0.25, 0.3) is 11.6 Å². The summed E-state index contributed by atoms with van der Waals surface area (Å²) in [5, 5.41) is 12.0. The largest absolute Gasteiger partial charge is 0.492 e. The molecule has 0 radical (unpaired) electrons. The second-order valence-electron chi connectivity index (χ2n) is 6.79. The molecule has 0 atom stereocenters. The fraction of sp³-hybridized carbons (Fsp3) is 0.364. The van der Waals surface area contributed by atoms with Crippen molar-refractivity contribution in [1.29, 1.82) is 0 Å². The molecule has 164 valence electrons. The molecule has 0 bridgehead atoms. The van der Waals surface area contributed by atoms with Gasteiger partial charge in [0.1, 0.15) is 16.8 Å². The van der Waals surface area contributed by atoms with E-state index in [4.69, 9.17) is 9.72 Å². The van der Waals surface area contributed by atoms with Crippen LogP contribution in [0.1, 0.15) is 31.1 Å². The van der Waals surface area contributed by atoms with E-state index in [1.54, 1.807) is 17.0 Å². The molecule has 0 saturated carbocycles. The van der Waals surface area contributed by atoms with Crippen LogP contribution in [0.4, 0.5) is 10.8 Å². The fourth-order valence-electron chi connectivity index (χ4n) is 3.32. The van der Waals surface area contributed by atoms with Crippen LogP contribution < -0.4 is 9.64 Å². The fourth-order valence-corrected chi connectivity index (χ4v) is 4.33. The average Bonchev–Trinajstić information content (AvgIpc) is 3.21. The van der Waals surface area contributed by atoms with E-state index >= 15 is 0 Å². The molecular formula is C22H26N4O4S. The summed E-state index contributed by atoms with van der Waals surface area (Å²) < 4.78 is 6.58. The summed E-state index contributed by atoms with van der Waals surface area (Å²) in [5.41, 5.74) is 0.528. The van der Waals surface area contributed by atoms with E-state index in [9.17, 15) is 14.9 Å². The van der Waals surface area contributed by atoms with Crippen molar-refractivity contribution in [1.82, 2.24) is 9.88 Å². The molecule has 1 aromatic heterocycles. The summed E-state index contributed by atoms with van der Waals surface area (Å²) in [5.74, 6) is 0.223. The SMILES string of the molecule is CCOc1cccc2sc(N(CCN(CC)CC)C(=O)c3ccccc3[N+](=O)[O-])nc12. The van der Waals surface area contributed by atoms with Gasteiger partial charge in [0.15, 0.2) is 5.13 Å². The molecule has 8 nitrogen and oxygen atoms in total. The summed E-state index contributed by atoms with van der Waals surface area (Å²) in [6, 6.07) is 11.7. The average molecular weight is 443 g/mol. The molecule has 9 heteroatoms. The summed E-state index contributed by atoms with van der Waals surface area (Å²) in [4.78, 5) is 32.9. The number of fused-ring (bicyclic) bond motifs is 1. The summed E-state index contributed by atoms with van der Waals surface area (Å²) in [6.45, 7) is 9.22. The number of thiazole rings is 1. The number of carbonyl (C=O) groups is 1. The molecular weight excluding hydrogens is 416 g/mol. The highest BCUT2D eigenvalue weighted by Crippen LogP contribution is 2.35.